The Bertz CT molecular complexity index is 707. The van der Waals surface area contributed by atoms with Gasteiger partial charge in [-0.25, -0.2) is 4.67 Å². The first-order valence-electron chi connectivity index (χ1n) is 12.6. The van der Waals surface area contributed by atoms with Crippen molar-refractivity contribution in [3.05, 3.63) is 10.1 Å². The summed E-state index contributed by atoms with van der Waals surface area (Å²) >= 11 is 0. The van der Waals surface area contributed by atoms with E-state index in [4.69, 9.17) is 41.1 Å². The molecule has 1 aliphatic heterocycles. The monoisotopic (exact) mass is 529 g/mol. The third-order valence-corrected chi connectivity index (χ3v) is 8.73. The van der Waals surface area contributed by atoms with Gasteiger partial charge in [0.2, 0.25) is 6.04 Å². The third kappa shape index (κ3) is 8.85. The molecule has 1 heterocycles. The number of ether oxygens (including phenoxy) is 4. The lowest BCUT2D eigenvalue weighted by Crippen LogP contribution is -2.48. The second-order valence-corrected chi connectivity index (χ2v) is 11.2. The second-order valence-electron chi connectivity index (χ2n) is 9.81. The van der Waals surface area contributed by atoms with Crippen LogP contribution in [-0.4, -0.2) is 100 Å². The van der Waals surface area contributed by atoms with Gasteiger partial charge in [-0.3, -0.25) is 10.1 Å². The van der Waals surface area contributed by atoms with Crippen LogP contribution in [0.5, 0.6) is 0 Å². The van der Waals surface area contributed by atoms with Crippen LogP contribution in [0.2, 0.25) is 0 Å². The number of nitro groups is 1. The van der Waals surface area contributed by atoms with Crippen LogP contribution in [0, 0.1) is 27.4 Å². The van der Waals surface area contributed by atoms with E-state index in [1.54, 1.807) is 14.2 Å². The van der Waals surface area contributed by atoms with Gasteiger partial charge in [-0.05, 0) is 40.5 Å². The van der Waals surface area contributed by atoms with Crippen molar-refractivity contribution in [3.8, 4) is 6.07 Å². The Morgan fingerprint density at radius 2 is 1.75 bits per heavy atom. The molecule has 0 bridgehead atoms. The average molecular weight is 529 g/mol. The van der Waals surface area contributed by atoms with Gasteiger partial charge in [0.05, 0.1) is 56.5 Å². The summed E-state index contributed by atoms with van der Waals surface area (Å²) in [6, 6.07) is 1.15. The number of nitrogens with zero attached hydrogens (tertiary/aromatic N) is 3. The molecule has 2 radical (unpaired) electrons. The van der Waals surface area contributed by atoms with Crippen molar-refractivity contribution >= 4 is 16.4 Å². The van der Waals surface area contributed by atoms with E-state index < -0.39 is 26.7 Å². The van der Waals surface area contributed by atoms with Gasteiger partial charge in [0.15, 0.2) is 0 Å². The normalized spacial score (nSPS) is 31.7. The Labute approximate surface area is 217 Å². The molecule has 2 fully saturated rings. The third-order valence-electron chi connectivity index (χ3n) is 6.57. The van der Waals surface area contributed by atoms with E-state index in [2.05, 4.69) is 38.4 Å². The fraction of sp³-hybridized carbons (Fsp3) is 0.957. The summed E-state index contributed by atoms with van der Waals surface area (Å²) in [4.78, 5) is 11.4. The maximum absolute atomic E-state index is 11.7. The van der Waals surface area contributed by atoms with E-state index in [1.807, 2.05) is 0 Å². The van der Waals surface area contributed by atoms with Crippen molar-refractivity contribution in [3.63, 3.8) is 0 Å². The zero-order valence-electron chi connectivity index (χ0n) is 22.3. The molecule has 0 aromatic carbocycles. The second kappa shape index (κ2) is 15.5. The summed E-state index contributed by atoms with van der Waals surface area (Å²) in [6.45, 7) is 8.94. The summed E-state index contributed by atoms with van der Waals surface area (Å²) in [6.07, 6.45) is 0.146. The first kappa shape index (κ1) is 31.3. The minimum absolute atomic E-state index is 0.166. The molecule has 1 saturated heterocycles. The molecule has 0 amide bonds. The van der Waals surface area contributed by atoms with E-state index in [1.165, 1.54) is 0 Å². The molecule has 1 saturated carbocycles. The molecule has 8 unspecified atom stereocenters. The Morgan fingerprint density at radius 1 is 1.11 bits per heavy atom. The van der Waals surface area contributed by atoms with Crippen LogP contribution >= 0.6 is 8.53 Å². The van der Waals surface area contributed by atoms with Gasteiger partial charge in [0.25, 0.3) is 8.53 Å². The van der Waals surface area contributed by atoms with E-state index in [0.29, 0.717) is 12.8 Å². The van der Waals surface area contributed by atoms with Crippen LogP contribution in [0.1, 0.15) is 53.4 Å². The number of nitriles is 1. The van der Waals surface area contributed by atoms with Crippen molar-refractivity contribution in [2.75, 3.05) is 34.0 Å². The highest BCUT2D eigenvalue weighted by Gasteiger charge is 2.45. The fourth-order valence-electron chi connectivity index (χ4n) is 4.87. The van der Waals surface area contributed by atoms with Crippen molar-refractivity contribution in [1.82, 2.24) is 4.67 Å². The molecule has 8 atom stereocenters. The van der Waals surface area contributed by atoms with E-state index in [9.17, 15) is 10.1 Å². The van der Waals surface area contributed by atoms with Crippen LogP contribution < -0.4 is 0 Å². The molecule has 0 spiro atoms. The smallest absolute Gasteiger partial charge is 0.259 e. The Hall–Kier alpha value is -0.895. The SMILES string of the molecule is [B]C1CC(OP(OCCC#N)N(C(C)C)C(C)C)C(COCC2CC(OC)C(OC)CC2[N+](=O)[O-])O1. The Kier molecular flexibility index (Phi) is 13.5. The number of hydrogen-bond donors (Lipinski definition) is 0. The summed E-state index contributed by atoms with van der Waals surface area (Å²) in [5, 5.41) is 20.6. The highest BCUT2D eigenvalue weighted by Crippen LogP contribution is 2.49. The lowest BCUT2D eigenvalue weighted by molar-refractivity contribution is -0.540. The number of methoxy groups -OCH3 is 2. The van der Waals surface area contributed by atoms with Crippen molar-refractivity contribution < 1.29 is 32.9 Å². The van der Waals surface area contributed by atoms with Crippen LogP contribution in [0.4, 0.5) is 0 Å². The largest absolute Gasteiger partial charge is 0.380 e. The van der Waals surface area contributed by atoms with Gasteiger partial charge in [0.1, 0.15) is 14.0 Å². The number of rotatable bonds is 15. The van der Waals surface area contributed by atoms with Crippen molar-refractivity contribution in [2.24, 2.45) is 5.92 Å². The topological polar surface area (TPSA) is 126 Å². The quantitative estimate of drug-likeness (QED) is 0.103. The molecule has 11 nitrogen and oxygen atoms in total. The van der Waals surface area contributed by atoms with Gasteiger partial charge >= 0.3 is 0 Å². The average Bonchev–Trinajstić information content (AvgIpc) is 3.16. The summed E-state index contributed by atoms with van der Waals surface area (Å²) < 4.78 is 37.3. The zero-order chi connectivity index (χ0) is 26.8. The van der Waals surface area contributed by atoms with E-state index in [-0.39, 0.29) is 73.9 Å². The molecule has 2 rings (SSSR count). The standard InChI is InChI=1S/C23H41BN3O8P/c1-15(2)26(16(3)4)36(33-9-7-8-25)35-21-12-23(24)34-22(21)14-32-13-17-10-19(30-5)20(31-6)11-18(17)27(28)29/h15-23H,7,9-14H2,1-6H3. The molecule has 0 aromatic heterocycles. The predicted octanol–water partition coefficient (Wildman–Crippen LogP) is 3.03. The van der Waals surface area contributed by atoms with Crippen LogP contribution in [-0.2, 0) is 28.0 Å². The minimum atomic E-state index is -1.46. The van der Waals surface area contributed by atoms with Gasteiger partial charge in [-0.1, -0.05) is 0 Å². The Balaban J connectivity index is 2.02. The fourth-order valence-corrected chi connectivity index (χ4v) is 6.63. The molecule has 1 aliphatic carbocycles. The van der Waals surface area contributed by atoms with Gasteiger partial charge in [0, 0.05) is 43.7 Å². The highest BCUT2D eigenvalue weighted by molar-refractivity contribution is 7.44. The first-order chi connectivity index (χ1) is 17.1. The molecule has 36 heavy (non-hydrogen) atoms. The van der Waals surface area contributed by atoms with Crippen molar-refractivity contribution in [2.45, 2.75) is 102 Å². The summed E-state index contributed by atoms with van der Waals surface area (Å²) in [5.74, 6) is -0.311. The molecule has 0 N–H and O–H groups in total. The van der Waals surface area contributed by atoms with Crippen LogP contribution in [0.3, 0.4) is 0 Å². The van der Waals surface area contributed by atoms with Gasteiger partial charge < -0.3 is 28.0 Å². The van der Waals surface area contributed by atoms with Crippen LogP contribution in [0.25, 0.3) is 0 Å². The molecule has 204 valence electrons. The molecular formula is C23H41BN3O8P. The van der Waals surface area contributed by atoms with E-state index in [0.717, 1.165) is 0 Å². The van der Waals surface area contributed by atoms with Gasteiger partial charge in [-0.2, -0.15) is 5.26 Å². The molecule has 0 aromatic rings. The highest BCUT2D eigenvalue weighted by atomic mass is 31.2. The maximum atomic E-state index is 11.7. The zero-order valence-corrected chi connectivity index (χ0v) is 23.2. The predicted molar refractivity (Wildman–Crippen MR) is 135 cm³/mol. The first-order valence-corrected chi connectivity index (χ1v) is 13.7. The summed E-state index contributed by atoms with van der Waals surface area (Å²) in [5.41, 5.74) is 0. The molecular weight excluding hydrogens is 488 g/mol. The van der Waals surface area contributed by atoms with Gasteiger partial charge in [-0.15, -0.1) is 0 Å². The Morgan fingerprint density at radius 3 is 2.31 bits per heavy atom. The summed E-state index contributed by atoms with van der Waals surface area (Å²) in [7, 11) is 7.76. The molecule has 13 heteroatoms. The number of hydrogen-bond acceptors (Lipinski definition) is 10. The van der Waals surface area contributed by atoms with E-state index >= 15 is 0 Å². The lowest BCUT2D eigenvalue weighted by atomic mass is 9.81. The van der Waals surface area contributed by atoms with Crippen molar-refractivity contribution in [1.29, 1.82) is 5.26 Å². The minimum Gasteiger partial charge on any atom is -0.380 e. The lowest BCUT2D eigenvalue weighted by Gasteiger charge is -2.37. The van der Waals surface area contributed by atoms with Crippen LogP contribution in [0.15, 0.2) is 0 Å². The molecule has 2 aliphatic rings. The maximum Gasteiger partial charge on any atom is 0.259 e.